The molecule has 0 bridgehead atoms. The first-order valence-corrected chi connectivity index (χ1v) is 9.84. The van der Waals surface area contributed by atoms with Crippen molar-refractivity contribution in [2.24, 2.45) is 7.05 Å². The summed E-state index contributed by atoms with van der Waals surface area (Å²) in [4.78, 5) is 5.71. The molecule has 0 spiro atoms. The fourth-order valence-electron chi connectivity index (χ4n) is 3.18. The normalized spacial score (nSPS) is 10.6. The Morgan fingerprint density at radius 3 is 2.00 bits per heavy atom. The molecule has 0 N–H and O–H groups in total. The summed E-state index contributed by atoms with van der Waals surface area (Å²) in [5.74, 6) is 2.59. The Balaban J connectivity index is 2.19. The minimum absolute atomic E-state index is 0.556. The summed E-state index contributed by atoms with van der Waals surface area (Å²) in [6, 6.07) is 9.95. The minimum atomic E-state index is 0.556. The second-order valence-corrected chi connectivity index (χ2v) is 6.88. The van der Waals surface area contributed by atoms with Gasteiger partial charge in [0.2, 0.25) is 5.75 Å². The van der Waals surface area contributed by atoms with Gasteiger partial charge in [-0.25, -0.2) is 4.98 Å². The van der Waals surface area contributed by atoms with Crippen molar-refractivity contribution in [3.05, 3.63) is 36.7 Å². The van der Waals surface area contributed by atoms with E-state index in [0.29, 0.717) is 17.2 Å². The number of thioether (sulfide) groups is 1. The molecule has 0 aliphatic heterocycles. The number of hydrogen-bond donors (Lipinski definition) is 0. The van der Waals surface area contributed by atoms with Crippen molar-refractivity contribution in [1.82, 2.24) is 9.55 Å². The number of hydrogen-bond acceptors (Lipinski definition) is 6. The Bertz CT molecular complexity index is 960. The molecule has 0 radical (unpaired) electrons. The lowest BCUT2D eigenvalue weighted by atomic mass is 10.0. The number of ether oxygens (including phenoxy) is 4. The van der Waals surface area contributed by atoms with Crippen LogP contribution in [-0.4, -0.2) is 44.2 Å². The van der Waals surface area contributed by atoms with Crippen LogP contribution in [0.25, 0.3) is 22.5 Å². The van der Waals surface area contributed by atoms with Gasteiger partial charge in [0.1, 0.15) is 5.75 Å². The van der Waals surface area contributed by atoms with E-state index >= 15 is 0 Å². The van der Waals surface area contributed by atoms with Gasteiger partial charge in [-0.1, -0.05) is 0 Å². The van der Waals surface area contributed by atoms with Gasteiger partial charge in [0.15, 0.2) is 11.5 Å². The van der Waals surface area contributed by atoms with Crippen LogP contribution in [0.3, 0.4) is 0 Å². The molecular weight excluding hydrogens is 376 g/mol. The molecule has 6 nitrogen and oxygen atoms in total. The predicted octanol–water partition coefficient (Wildman–Crippen LogP) is 4.51. The molecule has 0 atom stereocenters. The van der Waals surface area contributed by atoms with Gasteiger partial charge in [-0.05, 0) is 36.6 Å². The van der Waals surface area contributed by atoms with Gasteiger partial charge in [0, 0.05) is 23.1 Å². The summed E-state index contributed by atoms with van der Waals surface area (Å²) in [6.45, 7) is 0. The van der Waals surface area contributed by atoms with Gasteiger partial charge in [0.25, 0.3) is 0 Å². The summed E-state index contributed by atoms with van der Waals surface area (Å²) in [5.41, 5.74) is 3.76. The molecule has 0 amide bonds. The molecule has 2 aromatic carbocycles. The predicted molar refractivity (Wildman–Crippen MR) is 112 cm³/mol. The lowest BCUT2D eigenvalue weighted by Crippen LogP contribution is -1.97. The number of aromatic nitrogens is 2. The Labute approximate surface area is 169 Å². The van der Waals surface area contributed by atoms with Gasteiger partial charge < -0.3 is 23.5 Å². The number of rotatable bonds is 7. The highest BCUT2D eigenvalue weighted by atomic mass is 32.2. The van der Waals surface area contributed by atoms with Gasteiger partial charge in [-0.3, -0.25) is 0 Å². The van der Waals surface area contributed by atoms with Crippen LogP contribution >= 0.6 is 11.8 Å². The van der Waals surface area contributed by atoms with E-state index in [1.807, 2.05) is 42.1 Å². The van der Waals surface area contributed by atoms with E-state index < -0.39 is 0 Å². The zero-order valence-electron chi connectivity index (χ0n) is 16.9. The van der Waals surface area contributed by atoms with Crippen LogP contribution in [0, 0.1) is 0 Å². The van der Waals surface area contributed by atoms with Crippen LogP contribution in [0.1, 0.15) is 0 Å². The van der Waals surface area contributed by atoms with Crippen LogP contribution in [0.2, 0.25) is 0 Å². The molecule has 1 heterocycles. The van der Waals surface area contributed by atoms with Gasteiger partial charge in [0.05, 0.1) is 46.2 Å². The Morgan fingerprint density at radius 2 is 1.46 bits per heavy atom. The van der Waals surface area contributed by atoms with Crippen LogP contribution in [-0.2, 0) is 7.05 Å². The molecule has 3 rings (SSSR count). The molecule has 0 saturated carbocycles. The van der Waals surface area contributed by atoms with Crippen molar-refractivity contribution in [3.8, 4) is 45.5 Å². The fourth-order valence-corrected chi connectivity index (χ4v) is 3.78. The second kappa shape index (κ2) is 8.48. The van der Waals surface area contributed by atoms with E-state index in [-0.39, 0.29) is 0 Å². The highest BCUT2D eigenvalue weighted by molar-refractivity contribution is 7.98. The van der Waals surface area contributed by atoms with Crippen LogP contribution in [0.5, 0.6) is 23.0 Å². The third-order valence-corrected chi connectivity index (χ3v) is 5.29. The summed E-state index contributed by atoms with van der Waals surface area (Å²) in [7, 11) is 8.46. The molecule has 3 aromatic rings. The molecule has 0 saturated heterocycles. The number of benzene rings is 2. The van der Waals surface area contributed by atoms with E-state index in [1.165, 1.54) is 0 Å². The summed E-state index contributed by atoms with van der Waals surface area (Å²) < 4.78 is 23.9. The molecule has 7 heteroatoms. The average molecular weight is 401 g/mol. The molecule has 0 aliphatic rings. The van der Waals surface area contributed by atoms with Crippen LogP contribution in [0.15, 0.2) is 41.6 Å². The number of imidazole rings is 1. The topological polar surface area (TPSA) is 54.7 Å². The molecule has 148 valence electrons. The van der Waals surface area contributed by atoms with E-state index in [4.69, 9.17) is 18.9 Å². The van der Waals surface area contributed by atoms with Crippen molar-refractivity contribution in [1.29, 1.82) is 0 Å². The fraction of sp³-hybridized carbons (Fsp3) is 0.286. The van der Waals surface area contributed by atoms with Crippen LogP contribution < -0.4 is 18.9 Å². The molecule has 28 heavy (non-hydrogen) atoms. The minimum Gasteiger partial charge on any atom is -0.496 e. The first-order chi connectivity index (χ1) is 13.6. The van der Waals surface area contributed by atoms with Gasteiger partial charge >= 0.3 is 0 Å². The maximum absolute atomic E-state index is 5.50. The standard InChI is InChI=1S/C21H24N2O4S/c1-23-12-22-19(14-9-16(25-3)21(27-5)17(10-14)26-4)20(23)13-7-8-15(24-2)18(11-13)28-6/h7-12H,1-6H3. The second-order valence-electron chi connectivity index (χ2n) is 6.04. The van der Waals surface area contributed by atoms with Crippen LogP contribution in [0.4, 0.5) is 0 Å². The quantitative estimate of drug-likeness (QED) is 0.544. The lowest BCUT2D eigenvalue weighted by molar-refractivity contribution is 0.324. The molecule has 0 aliphatic carbocycles. The van der Waals surface area contributed by atoms with Crippen molar-refractivity contribution < 1.29 is 18.9 Å². The Morgan fingerprint density at radius 1 is 0.821 bits per heavy atom. The zero-order chi connectivity index (χ0) is 20.3. The average Bonchev–Trinajstić information content (AvgIpc) is 3.13. The molecule has 1 aromatic heterocycles. The van der Waals surface area contributed by atoms with Crippen molar-refractivity contribution >= 4 is 11.8 Å². The van der Waals surface area contributed by atoms with Crippen molar-refractivity contribution in [2.45, 2.75) is 4.90 Å². The molecule has 0 unspecified atom stereocenters. The number of methoxy groups -OCH3 is 4. The van der Waals surface area contributed by atoms with Gasteiger partial charge in [-0.15, -0.1) is 11.8 Å². The largest absolute Gasteiger partial charge is 0.496 e. The Hall–Kier alpha value is -2.80. The SMILES string of the molecule is COc1ccc(-c2c(-c3cc(OC)c(OC)c(OC)c3)ncn2C)cc1SC. The summed E-state index contributed by atoms with van der Waals surface area (Å²) in [6.07, 6.45) is 3.84. The number of nitrogens with zero attached hydrogens (tertiary/aromatic N) is 2. The van der Waals surface area contributed by atoms with Crippen molar-refractivity contribution in [2.75, 3.05) is 34.7 Å². The van der Waals surface area contributed by atoms with Gasteiger partial charge in [-0.2, -0.15) is 0 Å². The smallest absolute Gasteiger partial charge is 0.203 e. The number of aryl methyl sites for hydroxylation is 1. The maximum atomic E-state index is 5.50. The molecule has 0 fully saturated rings. The van der Waals surface area contributed by atoms with E-state index in [1.54, 1.807) is 46.5 Å². The highest BCUT2D eigenvalue weighted by Gasteiger charge is 2.20. The highest BCUT2D eigenvalue weighted by Crippen LogP contribution is 2.43. The van der Waals surface area contributed by atoms with Crippen molar-refractivity contribution in [3.63, 3.8) is 0 Å². The monoisotopic (exact) mass is 400 g/mol. The Kier molecular flexibility index (Phi) is 6.04. The van der Waals surface area contributed by atoms with E-state index in [9.17, 15) is 0 Å². The lowest BCUT2D eigenvalue weighted by Gasteiger charge is -2.15. The maximum Gasteiger partial charge on any atom is 0.203 e. The molecular formula is C21H24N2O4S. The third-order valence-electron chi connectivity index (χ3n) is 4.53. The first kappa shape index (κ1) is 19.9. The zero-order valence-corrected chi connectivity index (χ0v) is 17.7. The van der Waals surface area contributed by atoms with E-state index in [2.05, 4.69) is 11.1 Å². The summed E-state index contributed by atoms with van der Waals surface area (Å²) in [5, 5.41) is 0. The summed E-state index contributed by atoms with van der Waals surface area (Å²) >= 11 is 1.64. The first-order valence-electron chi connectivity index (χ1n) is 8.62. The van der Waals surface area contributed by atoms with E-state index in [0.717, 1.165) is 33.2 Å². The third kappa shape index (κ3) is 3.49.